The molecule has 2 aromatic rings. The minimum absolute atomic E-state index is 0.00351. The number of carbonyl (C=O) groups excluding carboxylic acids is 2. The summed E-state index contributed by atoms with van der Waals surface area (Å²) in [6.45, 7) is -0.914. The summed E-state index contributed by atoms with van der Waals surface area (Å²) in [6.07, 6.45) is -7.92. The van der Waals surface area contributed by atoms with Gasteiger partial charge in [-0.1, -0.05) is 36.4 Å². The van der Waals surface area contributed by atoms with Gasteiger partial charge in [-0.25, -0.2) is 9.59 Å². The zero-order valence-electron chi connectivity index (χ0n) is 16.5. The molecule has 0 unspecified atom stereocenters. The van der Waals surface area contributed by atoms with Crippen molar-refractivity contribution in [2.45, 2.75) is 30.1 Å². The van der Waals surface area contributed by atoms with Gasteiger partial charge in [0.1, 0.15) is 6.10 Å². The van der Waals surface area contributed by atoms with Crippen LogP contribution in [0.15, 0.2) is 60.7 Å². The molecule has 13 heteroatoms. The molecule has 1 heterocycles. The fourth-order valence-electron chi connectivity index (χ4n) is 2.86. The number of benzene rings is 2. The number of alkyl halides is 3. The van der Waals surface area contributed by atoms with Crippen molar-refractivity contribution in [3.8, 4) is 0 Å². The predicted molar refractivity (Wildman–Crippen MR) is 103 cm³/mol. The average Bonchev–Trinajstić information content (AvgIpc) is 2.78. The van der Waals surface area contributed by atoms with Crippen LogP contribution in [0.4, 0.5) is 13.2 Å². The number of hydrogen-bond donors (Lipinski definition) is 1. The second kappa shape index (κ2) is 9.87. The normalized spacial score (nSPS) is 23.5. The van der Waals surface area contributed by atoms with E-state index in [9.17, 15) is 36.3 Å². The Morgan fingerprint density at radius 3 is 1.79 bits per heavy atom. The maximum Gasteiger partial charge on any atom is 0.523 e. The van der Waals surface area contributed by atoms with Gasteiger partial charge in [0.2, 0.25) is 0 Å². The van der Waals surface area contributed by atoms with Gasteiger partial charge in [-0.15, -0.1) is 0 Å². The monoisotopic (exact) mass is 490 g/mol. The number of rotatable bonds is 6. The Bertz CT molecular complexity index is 1070. The van der Waals surface area contributed by atoms with E-state index >= 15 is 0 Å². The Labute approximate surface area is 185 Å². The van der Waals surface area contributed by atoms with Gasteiger partial charge in [0, 0.05) is 0 Å². The van der Waals surface area contributed by atoms with Crippen LogP contribution in [0, 0.1) is 0 Å². The topological polar surface area (TPSA) is 125 Å². The minimum atomic E-state index is -6.15. The van der Waals surface area contributed by atoms with Crippen LogP contribution in [0.3, 0.4) is 0 Å². The zero-order chi connectivity index (χ0) is 24.2. The van der Waals surface area contributed by atoms with E-state index in [1.165, 1.54) is 48.5 Å². The van der Waals surface area contributed by atoms with E-state index in [1.807, 2.05) is 0 Å². The number of hydrogen-bond acceptors (Lipinski definition) is 9. The molecular formula is C20H17F3O9S. The van der Waals surface area contributed by atoms with E-state index in [1.54, 1.807) is 12.1 Å². The van der Waals surface area contributed by atoms with Crippen molar-refractivity contribution in [1.29, 1.82) is 0 Å². The van der Waals surface area contributed by atoms with Crippen LogP contribution in [-0.2, 0) is 28.5 Å². The lowest BCUT2D eigenvalue weighted by Crippen LogP contribution is -2.58. The lowest BCUT2D eigenvalue weighted by atomic mass is 10.0. The first-order valence-corrected chi connectivity index (χ1v) is 10.7. The van der Waals surface area contributed by atoms with E-state index in [0.717, 1.165) is 0 Å². The second-order valence-electron chi connectivity index (χ2n) is 6.73. The number of carbonyl (C=O) groups is 2. The van der Waals surface area contributed by atoms with Crippen molar-refractivity contribution in [2.75, 3.05) is 6.61 Å². The Morgan fingerprint density at radius 2 is 1.33 bits per heavy atom. The zero-order valence-corrected chi connectivity index (χ0v) is 17.4. The number of aliphatic hydroxyl groups excluding tert-OH is 1. The summed E-state index contributed by atoms with van der Waals surface area (Å²) in [5.74, 6) is -2.13. The Kier molecular flexibility index (Phi) is 7.37. The van der Waals surface area contributed by atoms with Gasteiger partial charge in [-0.05, 0) is 24.3 Å². The number of esters is 2. The van der Waals surface area contributed by atoms with Crippen LogP contribution in [-0.4, -0.2) is 62.2 Å². The third-order valence-electron chi connectivity index (χ3n) is 4.44. The van der Waals surface area contributed by atoms with Gasteiger partial charge in [-0.3, -0.25) is 4.18 Å². The smallest absolute Gasteiger partial charge is 0.452 e. The van der Waals surface area contributed by atoms with E-state index in [0.29, 0.717) is 0 Å². The maximum atomic E-state index is 12.9. The molecule has 1 fully saturated rings. The fraction of sp³-hybridized carbons (Fsp3) is 0.300. The first-order valence-electron chi connectivity index (χ1n) is 9.31. The molecule has 4 atom stereocenters. The molecule has 0 aliphatic carbocycles. The van der Waals surface area contributed by atoms with Gasteiger partial charge < -0.3 is 19.3 Å². The lowest BCUT2D eigenvalue weighted by molar-refractivity contribution is -0.247. The van der Waals surface area contributed by atoms with Gasteiger partial charge in [0.05, 0.1) is 17.7 Å². The van der Waals surface area contributed by atoms with Crippen LogP contribution in [0.5, 0.6) is 0 Å². The number of aliphatic hydroxyl groups is 1. The summed E-state index contributed by atoms with van der Waals surface area (Å²) in [5, 5.41) is 10.2. The molecule has 9 nitrogen and oxygen atoms in total. The van der Waals surface area contributed by atoms with Crippen molar-refractivity contribution in [1.82, 2.24) is 0 Å². The van der Waals surface area contributed by atoms with Crippen LogP contribution in [0.2, 0.25) is 0 Å². The van der Waals surface area contributed by atoms with Crippen molar-refractivity contribution in [3.05, 3.63) is 71.8 Å². The summed E-state index contributed by atoms with van der Waals surface area (Å²) in [6, 6.07) is 14.5. The van der Waals surface area contributed by atoms with E-state index in [2.05, 4.69) is 4.18 Å². The molecule has 1 saturated heterocycles. The summed E-state index contributed by atoms with van der Waals surface area (Å²) in [7, 11) is -6.15. The number of ether oxygens (including phenoxy) is 3. The van der Waals surface area contributed by atoms with E-state index < -0.39 is 58.8 Å². The molecule has 1 aliphatic rings. The molecule has 0 amide bonds. The molecule has 0 bridgehead atoms. The van der Waals surface area contributed by atoms with E-state index in [-0.39, 0.29) is 11.1 Å². The second-order valence-corrected chi connectivity index (χ2v) is 8.29. The molecule has 2 aromatic carbocycles. The molecule has 33 heavy (non-hydrogen) atoms. The Hall–Kier alpha value is -3.00. The third kappa shape index (κ3) is 5.87. The first kappa shape index (κ1) is 24.6. The molecule has 178 valence electrons. The van der Waals surface area contributed by atoms with Gasteiger partial charge >= 0.3 is 27.6 Å². The van der Waals surface area contributed by atoms with Crippen molar-refractivity contribution in [3.63, 3.8) is 0 Å². The molecule has 0 spiro atoms. The predicted octanol–water partition coefficient (Wildman–Crippen LogP) is 2.02. The summed E-state index contributed by atoms with van der Waals surface area (Å²) >= 11 is 0. The van der Waals surface area contributed by atoms with Crippen molar-refractivity contribution in [2.24, 2.45) is 0 Å². The van der Waals surface area contributed by atoms with Crippen molar-refractivity contribution < 1.29 is 54.7 Å². The molecule has 3 rings (SSSR count). The molecule has 1 N–H and O–H groups in total. The van der Waals surface area contributed by atoms with Crippen molar-refractivity contribution >= 4 is 22.1 Å². The Morgan fingerprint density at radius 1 is 0.879 bits per heavy atom. The molecule has 0 saturated carbocycles. The number of halogens is 3. The highest BCUT2D eigenvalue weighted by Gasteiger charge is 2.53. The highest BCUT2D eigenvalue weighted by molar-refractivity contribution is 7.87. The van der Waals surface area contributed by atoms with Gasteiger partial charge in [0.25, 0.3) is 0 Å². The molecule has 0 radical (unpaired) electrons. The lowest BCUT2D eigenvalue weighted by Gasteiger charge is -2.38. The van der Waals surface area contributed by atoms with Gasteiger partial charge in [0.15, 0.2) is 18.5 Å². The quantitative estimate of drug-likeness (QED) is 0.368. The highest BCUT2D eigenvalue weighted by atomic mass is 32.2. The summed E-state index contributed by atoms with van der Waals surface area (Å²) in [5.41, 5.74) is -5.82. The average molecular weight is 490 g/mol. The fourth-order valence-corrected chi connectivity index (χ4v) is 3.46. The molecular weight excluding hydrogens is 473 g/mol. The first-order chi connectivity index (χ1) is 15.5. The van der Waals surface area contributed by atoms with Crippen LogP contribution < -0.4 is 0 Å². The van der Waals surface area contributed by atoms with E-state index in [4.69, 9.17) is 14.2 Å². The largest absolute Gasteiger partial charge is 0.523 e. The maximum absolute atomic E-state index is 12.9. The molecule has 1 aliphatic heterocycles. The summed E-state index contributed by atoms with van der Waals surface area (Å²) in [4.78, 5) is 25.0. The van der Waals surface area contributed by atoms with Crippen LogP contribution in [0.25, 0.3) is 0 Å². The summed E-state index contributed by atoms with van der Waals surface area (Å²) < 4.78 is 81.0. The Balaban J connectivity index is 1.91. The molecule has 0 aromatic heterocycles. The third-order valence-corrected chi connectivity index (χ3v) is 5.51. The highest BCUT2D eigenvalue weighted by Crippen LogP contribution is 2.31. The van der Waals surface area contributed by atoms with Crippen LogP contribution in [0.1, 0.15) is 20.7 Å². The standard InChI is InChI=1S/C20H17F3O9S/c21-20(22,23)33(27,28)32-14-11-29-19(26)16(31-18(25)13-9-5-2-6-10-13)15(14)30-17(24)12-7-3-1-4-8-12/h1-10,14-16,19,26H,11H2/t14-,15-,16+,19-/m0/s1. The SMILES string of the molecule is O=C(O[C@@H]1[C@@H](OC(=O)c2ccccc2)[C@@H](O)OC[C@@H]1OS(=O)(=O)C(F)(F)F)c1ccccc1. The van der Waals surface area contributed by atoms with Crippen LogP contribution >= 0.6 is 0 Å². The van der Waals surface area contributed by atoms with Gasteiger partial charge in [-0.2, -0.15) is 21.6 Å². The minimum Gasteiger partial charge on any atom is -0.452 e.